The smallest absolute Gasteiger partial charge is 0.360 e. The van der Waals surface area contributed by atoms with Crippen molar-refractivity contribution in [1.29, 1.82) is 0 Å². The fourth-order valence-electron chi connectivity index (χ4n) is 3.14. The van der Waals surface area contributed by atoms with Gasteiger partial charge in [0.05, 0.1) is 12.7 Å². The summed E-state index contributed by atoms with van der Waals surface area (Å²) in [6, 6.07) is 14.4. The fraction of sp³-hybridized carbons (Fsp3) is 0.100. The number of pyridine rings is 1. The van der Waals surface area contributed by atoms with Gasteiger partial charge in [-0.2, -0.15) is 5.10 Å². The van der Waals surface area contributed by atoms with Gasteiger partial charge >= 0.3 is 5.97 Å². The van der Waals surface area contributed by atoms with Crippen molar-refractivity contribution in [2.24, 2.45) is 0 Å². The van der Waals surface area contributed by atoms with Gasteiger partial charge in [-0.3, -0.25) is 4.79 Å². The van der Waals surface area contributed by atoms with Gasteiger partial charge in [0.2, 0.25) is 0 Å². The third-order valence-electron chi connectivity index (χ3n) is 4.45. The summed E-state index contributed by atoms with van der Waals surface area (Å²) in [5.41, 5.74) is 1.40. The Morgan fingerprint density at radius 3 is 2.68 bits per heavy atom. The van der Waals surface area contributed by atoms with Crippen LogP contribution in [0.1, 0.15) is 26.4 Å². The molecule has 28 heavy (non-hydrogen) atoms. The second kappa shape index (κ2) is 6.99. The maximum atomic E-state index is 12.8. The Kier molecular flexibility index (Phi) is 4.36. The van der Waals surface area contributed by atoms with Crippen molar-refractivity contribution < 1.29 is 19.4 Å². The zero-order valence-electron chi connectivity index (χ0n) is 14.9. The van der Waals surface area contributed by atoms with E-state index in [1.165, 1.54) is 18.0 Å². The summed E-state index contributed by atoms with van der Waals surface area (Å²) in [4.78, 5) is 29.1. The molecule has 0 unspecified atom stereocenters. The zero-order chi connectivity index (χ0) is 19.7. The molecule has 0 aliphatic carbocycles. The molecule has 2 aromatic carbocycles. The molecule has 1 amide bonds. The van der Waals surface area contributed by atoms with E-state index < -0.39 is 5.97 Å². The van der Waals surface area contributed by atoms with Crippen molar-refractivity contribution in [2.75, 3.05) is 7.11 Å². The molecular weight excluding hydrogens is 360 g/mol. The predicted molar refractivity (Wildman–Crippen MR) is 101 cm³/mol. The highest BCUT2D eigenvalue weighted by molar-refractivity contribution is 6.15. The Morgan fingerprint density at radius 1 is 1.14 bits per heavy atom. The Morgan fingerprint density at radius 2 is 1.93 bits per heavy atom. The first kappa shape index (κ1) is 17.5. The van der Waals surface area contributed by atoms with Crippen LogP contribution in [0, 0.1) is 0 Å². The van der Waals surface area contributed by atoms with Gasteiger partial charge in [0.25, 0.3) is 5.91 Å². The number of amides is 1. The highest BCUT2D eigenvalue weighted by Crippen LogP contribution is 2.33. The molecule has 0 saturated carbocycles. The van der Waals surface area contributed by atoms with Gasteiger partial charge in [-0.25, -0.2) is 14.3 Å². The van der Waals surface area contributed by atoms with E-state index in [0.29, 0.717) is 22.9 Å². The van der Waals surface area contributed by atoms with E-state index in [1.807, 2.05) is 30.3 Å². The number of nitrogens with zero attached hydrogens (tertiary/aromatic N) is 3. The molecule has 140 valence electrons. The lowest BCUT2D eigenvalue weighted by atomic mass is 10.0. The first-order valence-electron chi connectivity index (χ1n) is 8.49. The molecule has 0 atom stereocenters. The molecule has 4 rings (SSSR count). The lowest BCUT2D eigenvalue weighted by Gasteiger charge is -2.12. The third-order valence-corrected chi connectivity index (χ3v) is 4.45. The van der Waals surface area contributed by atoms with Crippen LogP contribution in [0.4, 0.5) is 0 Å². The normalized spacial score (nSPS) is 10.9. The van der Waals surface area contributed by atoms with Gasteiger partial charge in [0.15, 0.2) is 17.1 Å². The lowest BCUT2D eigenvalue weighted by molar-refractivity contribution is 0.0587. The number of ether oxygens (including phenoxy) is 1. The quantitative estimate of drug-likeness (QED) is 0.530. The third kappa shape index (κ3) is 2.81. The van der Waals surface area contributed by atoms with Crippen molar-refractivity contribution in [3.8, 4) is 5.75 Å². The Balaban J connectivity index is 1.84. The van der Waals surface area contributed by atoms with Crippen molar-refractivity contribution in [1.82, 2.24) is 19.9 Å². The highest BCUT2D eigenvalue weighted by atomic mass is 16.5. The summed E-state index contributed by atoms with van der Waals surface area (Å²) in [5, 5.41) is 18.2. The molecule has 0 spiro atoms. The summed E-state index contributed by atoms with van der Waals surface area (Å²) < 4.78 is 5.92. The van der Waals surface area contributed by atoms with Crippen LogP contribution < -0.4 is 5.32 Å². The summed E-state index contributed by atoms with van der Waals surface area (Å²) in [6.45, 7) is 0.352. The summed E-state index contributed by atoms with van der Waals surface area (Å²) in [6.07, 6.45) is 1.25. The lowest BCUT2D eigenvalue weighted by Crippen LogP contribution is -2.23. The van der Waals surface area contributed by atoms with Gasteiger partial charge in [-0.1, -0.05) is 42.5 Å². The minimum atomic E-state index is -0.756. The first-order chi connectivity index (χ1) is 13.6. The molecule has 0 saturated heterocycles. The molecule has 4 aromatic rings. The molecule has 2 N–H and O–H groups in total. The number of aromatic nitrogens is 3. The first-order valence-corrected chi connectivity index (χ1v) is 8.49. The number of rotatable bonds is 4. The van der Waals surface area contributed by atoms with E-state index in [4.69, 9.17) is 4.74 Å². The Bertz CT molecular complexity index is 1200. The van der Waals surface area contributed by atoms with E-state index in [-0.39, 0.29) is 23.0 Å². The number of hydrogen-bond acceptors (Lipinski definition) is 6. The van der Waals surface area contributed by atoms with E-state index in [1.54, 1.807) is 18.2 Å². The van der Waals surface area contributed by atoms with Crippen LogP contribution in [0.3, 0.4) is 0 Å². The minimum Gasteiger partial charge on any atom is -0.505 e. The number of benzene rings is 2. The topological polar surface area (TPSA) is 106 Å². The maximum Gasteiger partial charge on any atom is 0.360 e. The number of methoxy groups -OCH3 is 1. The molecule has 8 heteroatoms. The van der Waals surface area contributed by atoms with Crippen LogP contribution >= 0.6 is 0 Å². The number of fused-ring (bicyclic) bond motifs is 3. The highest BCUT2D eigenvalue weighted by Gasteiger charge is 2.24. The zero-order valence-corrected chi connectivity index (χ0v) is 14.9. The van der Waals surface area contributed by atoms with E-state index in [2.05, 4.69) is 15.4 Å². The van der Waals surface area contributed by atoms with Crippen LogP contribution in [0.25, 0.3) is 16.4 Å². The number of hydrogen-bond donors (Lipinski definition) is 2. The van der Waals surface area contributed by atoms with E-state index in [0.717, 1.165) is 5.56 Å². The van der Waals surface area contributed by atoms with Crippen molar-refractivity contribution in [3.63, 3.8) is 0 Å². The molecule has 2 aromatic heterocycles. The molecule has 0 radical (unpaired) electrons. The fourth-order valence-corrected chi connectivity index (χ4v) is 3.14. The van der Waals surface area contributed by atoms with E-state index in [9.17, 15) is 14.7 Å². The molecule has 2 heterocycles. The number of carbonyl (C=O) groups excluding carboxylic acids is 2. The summed E-state index contributed by atoms with van der Waals surface area (Å²) in [5.74, 6) is -1.41. The van der Waals surface area contributed by atoms with E-state index >= 15 is 0 Å². The second-order valence-electron chi connectivity index (χ2n) is 6.08. The molecule has 0 aliphatic heterocycles. The van der Waals surface area contributed by atoms with Crippen LogP contribution in [0.15, 0.2) is 54.9 Å². The monoisotopic (exact) mass is 376 g/mol. The summed E-state index contributed by atoms with van der Waals surface area (Å²) >= 11 is 0. The second-order valence-corrected chi connectivity index (χ2v) is 6.08. The molecule has 8 nitrogen and oxygen atoms in total. The maximum absolute atomic E-state index is 12.8. The predicted octanol–water partition coefficient (Wildman–Crippen LogP) is 2.30. The number of carbonyl (C=O) groups is 2. The minimum absolute atomic E-state index is 0.149. The van der Waals surface area contributed by atoms with Gasteiger partial charge in [-0.15, -0.1) is 0 Å². The van der Waals surface area contributed by atoms with Gasteiger partial charge in [0, 0.05) is 17.3 Å². The molecular formula is C20H16N4O4. The van der Waals surface area contributed by atoms with Crippen LogP contribution in [-0.4, -0.2) is 38.7 Å². The van der Waals surface area contributed by atoms with Crippen LogP contribution in [-0.2, 0) is 11.3 Å². The van der Waals surface area contributed by atoms with Crippen LogP contribution in [0.5, 0.6) is 5.75 Å². The molecule has 0 bridgehead atoms. The number of esters is 1. The molecule has 0 fully saturated rings. The Hall–Kier alpha value is -3.94. The number of aromatic hydroxyl groups is 1. The van der Waals surface area contributed by atoms with Crippen molar-refractivity contribution >= 4 is 28.3 Å². The average molecular weight is 376 g/mol. The van der Waals surface area contributed by atoms with Gasteiger partial charge in [-0.05, 0) is 11.6 Å². The van der Waals surface area contributed by atoms with Gasteiger partial charge < -0.3 is 15.2 Å². The standard InChI is InChI=1S/C20H16N4O4/c1-28-20(27)16-17(25)13-8-5-9-14(15(13)18-22-11-23-24(16)18)19(26)21-10-12-6-3-2-4-7-12/h2-9,11,25H,10H2,1H3,(H,21,26). The SMILES string of the molecule is COC(=O)c1c(O)c2cccc(C(=O)NCc3ccccc3)c2c2ncnn12. The average Bonchev–Trinajstić information content (AvgIpc) is 3.21. The number of nitrogens with one attached hydrogen (secondary N) is 1. The van der Waals surface area contributed by atoms with Gasteiger partial charge in [0.1, 0.15) is 6.33 Å². The molecule has 0 aliphatic rings. The van der Waals surface area contributed by atoms with Crippen molar-refractivity contribution in [2.45, 2.75) is 6.54 Å². The Labute approximate surface area is 159 Å². The summed E-state index contributed by atoms with van der Waals surface area (Å²) in [7, 11) is 1.21. The van der Waals surface area contributed by atoms with Crippen molar-refractivity contribution in [3.05, 3.63) is 71.7 Å². The van der Waals surface area contributed by atoms with Crippen LogP contribution in [0.2, 0.25) is 0 Å². The largest absolute Gasteiger partial charge is 0.505 e.